The fourth-order valence-electron chi connectivity index (χ4n) is 3.64. The van der Waals surface area contributed by atoms with E-state index in [9.17, 15) is 4.79 Å². The van der Waals surface area contributed by atoms with Crippen molar-refractivity contribution >= 4 is 35.8 Å². The lowest BCUT2D eigenvalue weighted by atomic mass is 10.1. The van der Waals surface area contributed by atoms with Crippen LogP contribution in [0.3, 0.4) is 0 Å². The van der Waals surface area contributed by atoms with E-state index in [1.54, 1.807) is 24.5 Å². The van der Waals surface area contributed by atoms with Crippen molar-refractivity contribution in [1.82, 2.24) is 25.8 Å². The Balaban J connectivity index is 0.00000341. The predicted molar refractivity (Wildman–Crippen MR) is 136 cm³/mol. The van der Waals surface area contributed by atoms with Gasteiger partial charge in [-0.15, -0.1) is 24.0 Å². The average Bonchev–Trinajstić information content (AvgIpc) is 3.32. The van der Waals surface area contributed by atoms with Crippen molar-refractivity contribution in [1.29, 1.82) is 0 Å². The van der Waals surface area contributed by atoms with Crippen molar-refractivity contribution in [3.63, 3.8) is 0 Å². The Morgan fingerprint density at radius 3 is 2.48 bits per heavy atom. The fraction of sp³-hybridized carbons (Fsp3) is 0.435. The summed E-state index contributed by atoms with van der Waals surface area (Å²) in [5.74, 6) is 0.651. The summed E-state index contributed by atoms with van der Waals surface area (Å²) in [6.45, 7) is 6.88. The van der Waals surface area contributed by atoms with Gasteiger partial charge >= 0.3 is 0 Å². The maximum Gasteiger partial charge on any atom is 0.252 e. The van der Waals surface area contributed by atoms with Gasteiger partial charge in [0, 0.05) is 32.0 Å². The lowest BCUT2D eigenvalue weighted by molar-refractivity contribution is 0.0954. The van der Waals surface area contributed by atoms with Gasteiger partial charge in [0.05, 0.1) is 18.2 Å². The van der Waals surface area contributed by atoms with Gasteiger partial charge in [0.1, 0.15) is 0 Å². The van der Waals surface area contributed by atoms with Crippen LogP contribution in [0.15, 0.2) is 59.9 Å². The zero-order valence-electron chi connectivity index (χ0n) is 18.1. The van der Waals surface area contributed by atoms with E-state index >= 15 is 0 Å². The van der Waals surface area contributed by atoms with Crippen LogP contribution in [0, 0.1) is 0 Å². The molecule has 1 fully saturated rings. The highest BCUT2D eigenvalue weighted by Crippen LogP contribution is 2.25. The molecular formula is C23H33IN6O. The molecule has 8 heteroatoms. The lowest BCUT2D eigenvalue weighted by Gasteiger charge is -2.27. The van der Waals surface area contributed by atoms with E-state index in [0.717, 1.165) is 25.6 Å². The van der Waals surface area contributed by atoms with E-state index in [-0.39, 0.29) is 35.9 Å². The number of benzene rings is 1. The van der Waals surface area contributed by atoms with Crippen LogP contribution >= 0.6 is 24.0 Å². The lowest BCUT2D eigenvalue weighted by Crippen LogP contribution is -2.42. The molecule has 1 amide bonds. The molecule has 1 saturated heterocycles. The number of hydrogen-bond acceptors (Lipinski definition) is 4. The molecule has 0 bridgehead atoms. The first-order valence-electron chi connectivity index (χ1n) is 10.8. The molecule has 3 N–H and O–H groups in total. The van der Waals surface area contributed by atoms with Gasteiger partial charge in [-0.25, -0.2) is 0 Å². The number of pyridine rings is 1. The second-order valence-corrected chi connectivity index (χ2v) is 7.31. The average molecular weight is 536 g/mol. The topological polar surface area (TPSA) is 81.7 Å². The monoisotopic (exact) mass is 536 g/mol. The Hall–Kier alpha value is -2.20. The number of guanidine groups is 1. The number of hydrogen-bond donors (Lipinski definition) is 3. The number of halogens is 1. The van der Waals surface area contributed by atoms with Gasteiger partial charge in [-0.2, -0.15) is 0 Å². The number of nitrogens with zero attached hydrogens (tertiary/aromatic N) is 3. The number of carbonyl (C=O) groups excluding carboxylic acids is 1. The minimum Gasteiger partial charge on any atom is -0.357 e. The summed E-state index contributed by atoms with van der Waals surface area (Å²) in [7, 11) is 0. The first kappa shape index (κ1) is 25.1. The molecule has 2 aromatic rings. The number of rotatable bonds is 9. The first-order valence-corrected chi connectivity index (χ1v) is 10.8. The fourth-order valence-corrected chi connectivity index (χ4v) is 3.64. The van der Waals surface area contributed by atoms with E-state index in [1.165, 1.54) is 18.4 Å². The molecule has 1 aromatic carbocycles. The van der Waals surface area contributed by atoms with Crippen LogP contribution in [-0.4, -0.2) is 61.0 Å². The molecule has 1 aliphatic heterocycles. The summed E-state index contributed by atoms with van der Waals surface area (Å²) in [5.41, 5.74) is 1.87. The van der Waals surface area contributed by atoms with Gasteiger partial charge in [-0.1, -0.05) is 30.3 Å². The molecule has 1 aliphatic rings. The van der Waals surface area contributed by atoms with Crippen molar-refractivity contribution in [2.24, 2.45) is 4.99 Å². The highest BCUT2D eigenvalue weighted by molar-refractivity contribution is 14.0. The summed E-state index contributed by atoms with van der Waals surface area (Å²) >= 11 is 0. The maximum atomic E-state index is 12.1. The van der Waals surface area contributed by atoms with Crippen molar-refractivity contribution < 1.29 is 4.79 Å². The molecule has 1 aromatic heterocycles. The molecule has 0 radical (unpaired) electrons. The molecular weight excluding hydrogens is 503 g/mol. The molecule has 2 heterocycles. The van der Waals surface area contributed by atoms with Crippen LogP contribution in [-0.2, 0) is 0 Å². The Labute approximate surface area is 202 Å². The molecule has 0 saturated carbocycles. The zero-order chi connectivity index (χ0) is 21.0. The summed E-state index contributed by atoms with van der Waals surface area (Å²) in [5, 5.41) is 9.51. The summed E-state index contributed by atoms with van der Waals surface area (Å²) in [6.07, 6.45) is 5.72. The number of nitrogens with one attached hydrogen (secondary N) is 3. The normalized spacial score (nSPS) is 15.1. The highest BCUT2D eigenvalue weighted by atomic mass is 127. The quantitative estimate of drug-likeness (QED) is 0.199. The Bertz CT molecular complexity index is 796. The van der Waals surface area contributed by atoms with Crippen molar-refractivity contribution in [3.05, 3.63) is 66.0 Å². The van der Waals surface area contributed by atoms with Crippen LogP contribution in [0.1, 0.15) is 41.7 Å². The summed E-state index contributed by atoms with van der Waals surface area (Å²) in [6, 6.07) is 14.4. The smallest absolute Gasteiger partial charge is 0.252 e. The van der Waals surface area contributed by atoms with Crippen molar-refractivity contribution in [3.8, 4) is 0 Å². The Morgan fingerprint density at radius 1 is 1.06 bits per heavy atom. The number of aliphatic imine (C=N–C) groups is 1. The van der Waals surface area contributed by atoms with Gasteiger partial charge in [-0.05, 0) is 50.6 Å². The van der Waals surface area contributed by atoms with Gasteiger partial charge in [-0.3, -0.25) is 19.7 Å². The molecule has 3 rings (SSSR count). The molecule has 31 heavy (non-hydrogen) atoms. The van der Waals surface area contributed by atoms with Crippen molar-refractivity contribution in [2.45, 2.75) is 25.8 Å². The zero-order valence-corrected chi connectivity index (χ0v) is 20.4. The molecule has 7 nitrogen and oxygen atoms in total. The van der Waals surface area contributed by atoms with E-state index in [2.05, 4.69) is 63.1 Å². The minimum absolute atomic E-state index is 0. The molecule has 168 valence electrons. The molecule has 1 unspecified atom stereocenters. The van der Waals surface area contributed by atoms with E-state index in [1.807, 2.05) is 0 Å². The van der Waals surface area contributed by atoms with Gasteiger partial charge in [0.2, 0.25) is 0 Å². The minimum atomic E-state index is -0.120. The number of likely N-dealkylation sites (tertiary alicyclic amines) is 1. The Kier molecular flexibility index (Phi) is 11.3. The molecule has 0 aliphatic carbocycles. The van der Waals surface area contributed by atoms with Gasteiger partial charge in [0.15, 0.2) is 5.96 Å². The second kappa shape index (κ2) is 14.0. The van der Waals surface area contributed by atoms with E-state index in [4.69, 9.17) is 4.99 Å². The summed E-state index contributed by atoms with van der Waals surface area (Å²) in [4.78, 5) is 23.4. The maximum absolute atomic E-state index is 12.1. The predicted octanol–water partition coefficient (Wildman–Crippen LogP) is 2.82. The van der Waals surface area contributed by atoms with Crippen LogP contribution in [0.4, 0.5) is 0 Å². The van der Waals surface area contributed by atoms with Crippen LogP contribution < -0.4 is 16.0 Å². The number of amides is 1. The van der Waals surface area contributed by atoms with E-state index in [0.29, 0.717) is 25.2 Å². The molecule has 0 spiro atoms. The third-order valence-corrected chi connectivity index (χ3v) is 5.16. The molecule has 1 atom stereocenters. The number of aromatic nitrogens is 1. The largest absolute Gasteiger partial charge is 0.357 e. The SMILES string of the molecule is CCNC(=NCC(c1ccccc1)N1CCCC1)NCCNC(=O)c1cccnc1.I. The Morgan fingerprint density at radius 2 is 1.81 bits per heavy atom. The third-order valence-electron chi connectivity index (χ3n) is 5.16. The third kappa shape index (κ3) is 8.10. The van der Waals surface area contributed by atoms with Gasteiger partial charge in [0.25, 0.3) is 5.91 Å². The van der Waals surface area contributed by atoms with Crippen LogP contribution in [0.2, 0.25) is 0 Å². The van der Waals surface area contributed by atoms with Crippen molar-refractivity contribution in [2.75, 3.05) is 39.3 Å². The number of carbonyl (C=O) groups is 1. The first-order chi connectivity index (χ1) is 14.8. The van der Waals surface area contributed by atoms with Crippen LogP contribution in [0.25, 0.3) is 0 Å². The van der Waals surface area contributed by atoms with Gasteiger partial charge < -0.3 is 16.0 Å². The van der Waals surface area contributed by atoms with E-state index < -0.39 is 0 Å². The standard InChI is InChI=1S/C23H32N6O.HI/c1-2-25-23(27-14-13-26-22(30)20-11-8-12-24-17-20)28-18-21(29-15-6-7-16-29)19-9-4-3-5-10-19;/h3-5,8-12,17,21H,2,6-7,13-16,18H2,1H3,(H,26,30)(H2,25,27,28);1H. The van der Waals surface area contributed by atoms with Crippen LogP contribution in [0.5, 0.6) is 0 Å². The second-order valence-electron chi connectivity index (χ2n) is 7.31. The summed E-state index contributed by atoms with van der Waals surface area (Å²) < 4.78 is 0. The highest BCUT2D eigenvalue weighted by Gasteiger charge is 2.23.